The molecule has 0 bridgehead atoms. The molecule has 2 amide bonds. The molecular weight excluding hydrogens is 370 g/mol. The normalized spacial score (nSPS) is 10.3. The Morgan fingerprint density at radius 2 is 1.69 bits per heavy atom. The predicted octanol–water partition coefficient (Wildman–Crippen LogP) is 2.77. The molecule has 29 heavy (non-hydrogen) atoms. The zero-order valence-corrected chi connectivity index (χ0v) is 15.0. The van der Waals surface area contributed by atoms with Gasteiger partial charge in [-0.05, 0) is 42.5 Å². The van der Waals surface area contributed by atoms with Gasteiger partial charge in [0, 0.05) is 29.8 Å². The summed E-state index contributed by atoms with van der Waals surface area (Å²) >= 11 is 0. The van der Waals surface area contributed by atoms with Gasteiger partial charge in [-0.25, -0.2) is 0 Å². The van der Waals surface area contributed by atoms with E-state index in [0.29, 0.717) is 28.3 Å². The van der Waals surface area contributed by atoms with Crippen LogP contribution in [0.2, 0.25) is 0 Å². The summed E-state index contributed by atoms with van der Waals surface area (Å²) in [7, 11) is 0. The van der Waals surface area contributed by atoms with Crippen LogP contribution < -0.4 is 10.6 Å². The number of nitrogens with zero attached hydrogens (tertiary/aromatic N) is 4. The molecule has 0 aliphatic carbocycles. The maximum absolute atomic E-state index is 12.5. The lowest BCUT2D eigenvalue weighted by Crippen LogP contribution is -2.15. The first-order chi connectivity index (χ1) is 14.2. The zero-order valence-electron chi connectivity index (χ0n) is 15.0. The van der Waals surface area contributed by atoms with Crippen molar-refractivity contribution in [3.8, 4) is 11.5 Å². The molecule has 0 saturated heterocycles. The summed E-state index contributed by atoms with van der Waals surface area (Å²) in [6, 6.07) is 15.3. The van der Waals surface area contributed by atoms with E-state index < -0.39 is 5.91 Å². The van der Waals surface area contributed by atoms with Crippen LogP contribution in [0, 0.1) is 0 Å². The van der Waals surface area contributed by atoms with E-state index in [1.54, 1.807) is 60.9 Å². The minimum absolute atomic E-state index is 0.195. The Hall–Kier alpha value is -4.40. The summed E-state index contributed by atoms with van der Waals surface area (Å²) < 4.78 is 0. The number of hydrogen-bond acceptors (Lipinski definition) is 6. The number of anilines is 2. The Morgan fingerprint density at radius 1 is 0.828 bits per heavy atom. The molecule has 3 heterocycles. The van der Waals surface area contributed by atoms with E-state index >= 15 is 0 Å². The fourth-order valence-electron chi connectivity index (χ4n) is 2.55. The van der Waals surface area contributed by atoms with Gasteiger partial charge < -0.3 is 10.3 Å². The van der Waals surface area contributed by atoms with Gasteiger partial charge in [0.1, 0.15) is 5.69 Å². The van der Waals surface area contributed by atoms with Gasteiger partial charge in [0.05, 0.1) is 5.56 Å². The van der Waals surface area contributed by atoms with E-state index in [9.17, 15) is 9.59 Å². The number of amides is 2. The molecular formula is C20H15N7O2. The lowest BCUT2D eigenvalue weighted by atomic mass is 10.2. The summed E-state index contributed by atoms with van der Waals surface area (Å²) in [6.07, 6.45) is 4.70. The monoisotopic (exact) mass is 385 g/mol. The molecule has 0 unspecified atom stereocenters. The predicted molar refractivity (Wildman–Crippen MR) is 106 cm³/mol. The van der Waals surface area contributed by atoms with Gasteiger partial charge in [0.15, 0.2) is 5.82 Å². The van der Waals surface area contributed by atoms with E-state index in [1.807, 2.05) is 6.07 Å². The second kappa shape index (κ2) is 8.09. The van der Waals surface area contributed by atoms with Crippen molar-refractivity contribution in [2.75, 3.05) is 10.6 Å². The van der Waals surface area contributed by atoms with E-state index in [0.717, 1.165) is 0 Å². The Kier molecular flexibility index (Phi) is 5.02. The van der Waals surface area contributed by atoms with Gasteiger partial charge in [-0.1, -0.05) is 12.1 Å². The van der Waals surface area contributed by atoms with Crippen molar-refractivity contribution in [2.24, 2.45) is 0 Å². The van der Waals surface area contributed by atoms with Crippen LogP contribution >= 0.6 is 0 Å². The molecule has 1 aromatic carbocycles. The third-order valence-electron chi connectivity index (χ3n) is 3.93. The molecule has 0 saturated carbocycles. The van der Waals surface area contributed by atoms with Gasteiger partial charge >= 0.3 is 0 Å². The van der Waals surface area contributed by atoms with Crippen molar-refractivity contribution in [2.45, 2.75) is 0 Å². The lowest BCUT2D eigenvalue weighted by molar-refractivity contribution is 0.101. The van der Waals surface area contributed by atoms with Gasteiger partial charge in [0.25, 0.3) is 11.8 Å². The molecule has 0 atom stereocenters. The number of rotatable bonds is 5. The van der Waals surface area contributed by atoms with Gasteiger partial charge in [0.2, 0.25) is 5.95 Å². The lowest BCUT2D eigenvalue weighted by Gasteiger charge is -2.07. The number of benzene rings is 1. The third kappa shape index (κ3) is 4.30. The number of nitrogens with one attached hydrogen (secondary N) is 3. The zero-order chi connectivity index (χ0) is 20.1. The number of hydrogen-bond donors (Lipinski definition) is 3. The van der Waals surface area contributed by atoms with Crippen molar-refractivity contribution in [3.63, 3.8) is 0 Å². The number of pyridine rings is 2. The fourth-order valence-corrected chi connectivity index (χ4v) is 2.55. The standard InChI is InChI=1S/C20H15N7O2/c28-18(25-20-24-17(26-27-20)16-8-1-2-10-22-16)13-5-3-7-15(11-13)23-19(29)14-6-4-9-21-12-14/h1-12H,(H,23,29)(H2,24,25,26,27,28). The molecule has 3 aromatic heterocycles. The summed E-state index contributed by atoms with van der Waals surface area (Å²) in [5, 5.41) is 13.3. The SMILES string of the molecule is O=C(Nc1cccc(C(=O)Nc2nnc(-c3ccccn3)[nH]2)c1)c1cccnc1. The Morgan fingerprint density at radius 3 is 2.48 bits per heavy atom. The number of aromatic amines is 1. The van der Waals surface area contributed by atoms with E-state index in [1.165, 1.54) is 6.20 Å². The summed E-state index contributed by atoms with van der Waals surface area (Å²) in [5.41, 5.74) is 1.87. The van der Waals surface area contributed by atoms with Gasteiger partial charge in [-0.15, -0.1) is 10.2 Å². The summed E-state index contributed by atoms with van der Waals surface area (Å²) in [5.74, 6) is -0.0732. The van der Waals surface area contributed by atoms with Crippen LogP contribution in [0.5, 0.6) is 0 Å². The minimum Gasteiger partial charge on any atom is -0.322 e. The molecule has 4 rings (SSSR count). The molecule has 9 heteroatoms. The first-order valence-electron chi connectivity index (χ1n) is 8.66. The Labute approximate surface area is 165 Å². The van der Waals surface area contributed by atoms with Crippen LogP contribution in [0.25, 0.3) is 11.5 Å². The fraction of sp³-hybridized carbons (Fsp3) is 0. The van der Waals surface area contributed by atoms with Crippen LogP contribution in [0.4, 0.5) is 11.6 Å². The number of carbonyl (C=O) groups is 2. The molecule has 9 nitrogen and oxygen atoms in total. The van der Waals surface area contributed by atoms with E-state index in [2.05, 4.69) is 35.8 Å². The molecule has 0 aliphatic heterocycles. The number of aromatic nitrogens is 5. The van der Waals surface area contributed by atoms with E-state index in [4.69, 9.17) is 0 Å². The minimum atomic E-state index is -0.397. The van der Waals surface area contributed by atoms with Crippen LogP contribution in [0.1, 0.15) is 20.7 Å². The molecule has 0 aliphatic rings. The second-order valence-corrected chi connectivity index (χ2v) is 5.97. The third-order valence-corrected chi connectivity index (χ3v) is 3.93. The van der Waals surface area contributed by atoms with Crippen molar-refractivity contribution in [1.82, 2.24) is 25.1 Å². The summed E-state index contributed by atoms with van der Waals surface area (Å²) in [6.45, 7) is 0. The van der Waals surface area contributed by atoms with Crippen LogP contribution in [-0.4, -0.2) is 37.0 Å². The molecule has 0 fully saturated rings. The van der Waals surface area contributed by atoms with Crippen molar-refractivity contribution >= 4 is 23.5 Å². The smallest absolute Gasteiger partial charge is 0.258 e. The molecule has 142 valence electrons. The highest BCUT2D eigenvalue weighted by Gasteiger charge is 2.12. The molecule has 0 spiro atoms. The van der Waals surface area contributed by atoms with Crippen LogP contribution in [0.15, 0.2) is 73.2 Å². The van der Waals surface area contributed by atoms with E-state index in [-0.39, 0.29) is 11.9 Å². The van der Waals surface area contributed by atoms with Crippen LogP contribution in [0.3, 0.4) is 0 Å². The number of carbonyl (C=O) groups excluding carboxylic acids is 2. The quantitative estimate of drug-likeness (QED) is 0.485. The maximum Gasteiger partial charge on any atom is 0.258 e. The maximum atomic E-state index is 12.5. The van der Waals surface area contributed by atoms with Crippen molar-refractivity contribution < 1.29 is 9.59 Å². The van der Waals surface area contributed by atoms with Crippen molar-refractivity contribution in [1.29, 1.82) is 0 Å². The highest BCUT2D eigenvalue weighted by molar-refractivity contribution is 6.06. The first kappa shape index (κ1) is 18.0. The van der Waals surface area contributed by atoms with Gasteiger partial charge in [-0.3, -0.25) is 24.9 Å². The second-order valence-electron chi connectivity index (χ2n) is 5.97. The average Bonchev–Trinajstić information content (AvgIpc) is 3.23. The molecule has 4 aromatic rings. The molecule has 0 radical (unpaired) electrons. The Bertz CT molecular complexity index is 1140. The van der Waals surface area contributed by atoms with Gasteiger partial charge in [-0.2, -0.15) is 0 Å². The summed E-state index contributed by atoms with van der Waals surface area (Å²) in [4.78, 5) is 35.8. The topological polar surface area (TPSA) is 126 Å². The highest BCUT2D eigenvalue weighted by Crippen LogP contribution is 2.15. The molecule has 3 N–H and O–H groups in total. The highest BCUT2D eigenvalue weighted by atomic mass is 16.2. The number of H-pyrrole nitrogens is 1. The van der Waals surface area contributed by atoms with Crippen molar-refractivity contribution in [3.05, 3.63) is 84.3 Å². The van der Waals surface area contributed by atoms with Crippen LogP contribution in [-0.2, 0) is 0 Å². The Balaban J connectivity index is 1.45. The average molecular weight is 385 g/mol. The first-order valence-corrected chi connectivity index (χ1v) is 8.66. The largest absolute Gasteiger partial charge is 0.322 e.